The van der Waals surface area contributed by atoms with Crippen molar-refractivity contribution < 1.29 is 9.18 Å². The van der Waals surface area contributed by atoms with Gasteiger partial charge in [0.1, 0.15) is 5.82 Å². The van der Waals surface area contributed by atoms with Crippen LogP contribution in [-0.4, -0.2) is 27.1 Å². The molecule has 0 spiro atoms. The Balaban J connectivity index is 1.42. The maximum Gasteiger partial charge on any atom is 0.254 e. The molecule has 0 aliphatic carbocycles. The number of hydrogen-bond donors (Lipinski definition) is 0. The summed E-state index contributed by atoms with van der Waals surface area (Å²) in [4.78, 5) is 15.2. The second-order valence-corrected chi connectivity index (χ2v) is 7.97. The van der Waals surface area contributed by atoms with Crippen LogP contribution in [0.4, 0.5) is 4.39 Å². The van der Waals surface area contributed by atoms with Gasteiger partial charge in [0.15, 0.2) is 0 Å². The Morgan fingerprint density at radius 2 is 1.65 bits per heavy atom. The number of benzene rings is 3. The Labute approximate surface area is 180 Å². The number of aromatic nitrogens is 2. The molecule has 1 aliphatic heterocycles. The van der Waals surface area contributed by atoms with Gasteiger partial charge >= 0.3 is 0 Å². The van der Waals surface area contributed by atoms with E-state index in [-0.39, 0.29) is 17.6 Å². The predicted molar refractivity (Wildman–Crippen MR) is 118 cm³/mol. The van der Waals surface area contributed by atoms with Gasteiger partial charge in [0.05, 0.1) is 6.20 Å². The highest BCUT2D eigenvalue weighted by Crippen LogP contribution is 2.34. The first-order valence-electron chi connectivity index (χ1n) is 10.3. The summed E-state index contributed by atoms with van der Waals surface area (Å²) in [6.45, 7) is 1.20. The van der Waals surface area contributed by atoms with Crippen LogP contribution in [-0.2, 0) is 13.6 Å². The number of rotatable bonds is 3. The molecule has 1 aliphatic rings. The molecule has 4 aromatic rings. The number of halogens is 1. The maximum absolute atomic E-state index is 13.3. The number of aryl methyl sites for hydroxylation is 1. The highest BCUT2D eigenvalue weighted by Gasteiger charge is 2.30. The Bertz CT molecular complexity index is 1230. The topological polar surface area (TPSA) is 38.1 Å². The fourth-order valence-corrected chi connectivity index (χ4v) is 4.30. The van der Waals surface area contributed by atoms with Gasteiger partial charge in [-0.05, 0) is 52.1 Å². The molecule has 0 bridgehead atoms. The fraction of sp³-hybridized carbons (Fsp3) is 0.154. The van der Waals surface area contributed by atoms with Gasteiger partial charge in [0, 0.05) is 37.8 Å². The zero-order valence-corrected chi connectivity index (χ0v) is 17.2. The Morgan fingerprint density at radius 3 is 2.32 bits per heavy atom. The molecule has 31 heavy (non-hydrogen) atoms. The lowest BCUT2D eigenvalue weighted by Gasteiger charge is -2.34. The van der Waals surface area contributed by atoms with Crippen LogP contribution in [0.1, 0.15) is 33.0 Å². The van der Waals surface area contributed by atoms with Crippen molar-refractivity contribution in [2.45, 2.75) is 12.5 Å². The maximum atomic E-state index is 13.3. The molecular weight excluding hydrogens is 389 g/mol. The number of nitrogens with zero attached hydrogens (tertiary/aromatic N) is 3. The van der Waals surface area contributed by atoms with Crippen molar-refractivity contribution in [2.24, 2.45) is 7.05 Å². The normalized spacial score (nSPS) is 15.5. The van der Waals surface area contributed by atoms with Gasteiger partial charge in [-0.15, -0.1) is 0 Å². The summed E-state index contributed by atoms with van der Waals surface area (Å²) in [5, 5.41) is 4.33. The number of fused-ring (bicyclic) bond motifs is 1. The Kier molecular flexibility index (Phi) is 4.86. The molecular formula is C26H22FN3O. The van der Waals surface area contributed by atoms with Gasteiger partial charge in [0.25, 0.3) is 5.91 Å². The minimum absolute atomic E-state index is 0.00838. The number of carbonyl (C=O) groups excluding carboxylic acids is 1. The molecule has 0 N–H and O–H groups in total. The Hall–Kier alpha value is -3.73. The summed E-state index contributed by atoms with van der Waals surface area (Å²) >= 11 is 0. The zero-order valence-electron chi connectivity index (χ0n) is 17.2. The summed E-state index contributed by atoms with van der Waals surface area (Å²) in [7, 11) is 1.91. The van der Waals surface area contributed by atoms with Crippen LogP contribution in [0.15, 0.2) is 85.2 Å². The van der Waals surface area contributed by atoms with E-state index in [9.17, 15) is 9.18 Å². The summed E-state index contributed by atoms with van der Waals surface area (Å²) in [6, 6.07) is 22.2. The smallest absolute Gasteiger partial charge is 0.254 e. The predicted octanol–water partition coefficient (Wildman–Crippen LogP) is 5.01. The van der Waals surface area contributed by atoms with Gasteiger partial charge in [-0.2, -0.15) is 5.10 Å². The lowest BCUT2D eigenvalue weighted by molar-refractivity contribution is 0.0725. The molecule has 154 valence electrons. The molecule has 0 fully saturated rings. The number of carbonyl (C=O) groups is 1. The van der Waals surface area contributed by atoms with Crippen molar-refractivity contribution in [3.63, 3.8) is 0 Å². The molecule has 5 rings (SSSR count). The van der Waals surface area contributed by atoms with E-state index >= 15 is 0 Å². The van der Waals surface area contributed by atoms with Gasteiger partial charge < -0.3 is 4.90 Å². The lowest BCUT2D eigenvalue weighted by Crippen LogP contribution is -2.38. The van der Waals surface area contributed by atoms with Crippen molar-refractivity contribution in [1.29, 1.82) is 0 Å². The van der Waals surface area contributed by atoms with Crippen LogP contribution >= 0.6 is 0 Å². The number of amides is 1. The molecule has 1 unspecified atom stereocenters. The molecule has 0 saturated heterocycles. The van der Waals surface area contributed by atoms with E-state index in [1.165, 1.54) is 23.3 Å². The highest BCUT2D eigenvalue weighted by molar-refractivity contribution is 5.95. The first-order chi connectivity index (χ1) is 15.1. The molecule has 1 amide bonds. The lowest BCUT2D eigenvalue weighted by atomic mass is 9.86. The molecule has 4 nitrogen and oxygen atoms in total. The monoisotopic (exact) mass is 411 g/mol. The molecule has 5 heteroatoms. The van der Waals surface area contributed by atoms with Crippen molar-refractivity contribution >= 4 is 5.91 Å². The molecule has 1 aromatic heterocycles. The van der Waals surface area contributed by atoms with E-state index < -0.39 is 0 Å². The molecule has 0 saturated carbocycles. The molecule has 0 radical (unpaired) electrons. The average molecular weight is 411 g/mol. The first-order valence-corrected chi connectivity index (χ1v) is 10.3. The Morgan fingerprint density at radius 1 is 0.968 bits per heavy atom. The minimum atomic E-state index is -0.260. The van der Waals surface area contributed by atoms with Crippen LogP contribution in [0, 0.1) is 5.82 Å². The van der Waals surface area contributed by atoms with Crippen LogP contribution in [0.2, 0.25) is 0 Å². The van der Waals surface area contributed by atoms with Crippen molar-refractivity contribution in [1.82, 2.24) is 14.7 Å². The summed E-state index contributed by atoms with van der Waals surface area (Å²) in [5.74, 6) is -0.153. The van der Waals surface area contributed by atoms with Gasteiger partial charge in [0.2, 0.25) is 0 Å². The standard InChI is InChI=1S/C26H22FN3O/c1-29-15-22(14-28-29)25-17-30(16-21-4-2-3-5-24(21)25)26(31)20-8-6-18(7-9-20)19-10-12-23(27)13-11-19/h2-15,25H,16-17H2,1H3. The van der Waals surface area contributed by atoms with Crippen molar-refractivity contribution in [3.8, 4) is 11.1 Å². The quantitative estimate of drug-likeness (QED) is 0.475. The SMILES string of the molecule is Cn1cc(C2CN(C(=O)c3ccc(-c4ccc(F)cc4)cc3)Cc3ccccc32)cn1. The third-order valence-corrected chi connectivity index (χ3v) is 5.92. The largest absolute Gasteiger partial charge is 0.333 e. The van der Waals surface area contributed by atoms with E-state index in [1.54, 1.807) is 16.8 Å². The second kappa shape index (κ2) is 7.84. The fourth-order valence-electron chi connectivity index (χ4n) is 4.30. The van der Waals surface area contributed by atoms with Gasteiger partial charge in [-0.25, -0.2) is 4.39 Å². The van der Waals surface area contributed by atoms with E-state index in [1.807, 2.05) is 60.7 Å². The van der Waals surface area contributed by atoms with E-state index in [2.05, 4.69) is 17.2 Å². The van der Waals surface area contributed by atoms with Crippen LogP contribution in [0.5, 0.6) is 0 Å². The summed E-state index contributed by atoms with van der Waals surface area (Å²) in [5.41, 5.74) is 6.05. The molecule has 2 heterocycles. The first kappa shape index (κ1) is 19.2. The van der Waals surface area contributed by atoms with E-state index in [0.29, 0.717) is 18.7 Å². The molecule has 1 atom stereocenters. The van der Waals surface area contributed by atoms with Gasteiger partial charge in [-0.3, -0.25) is 9.48 Å². The second-order valence-electron chi connectivity index (χ2n) is 7.97. The minimum Gasteiger partial charge on any atom is -0.333 e. The van der Waals surface area contributed by atoms with Crippen LogP contribution in [0.3, 0.4) is 0 Å². The zero-order chi connectivity index (χ0) is 21.4. The van der Waals surface area contributed by atoms with Crippen LogP contribution in [0.25, 0.3) is 11.1 Å². The third-order valence-electron chi connectivity index (χ3n) is 5.92. The van der Waals surface area contributed by atoms with Crippen LogP contribution < -0.4 is 0 Å². The van der Waals surface area contributed by atoms with E-state index in [0.717, 1.165) is 16.7 Å². The van der Waals surface area contributed by atoms with Crippen molar-refractivity contribution in [3.05, 3.63) is 113 Å². The van der Waals surface area contributed by atoms with Gasteiger partial charge in [-0.1, -0.05) is 48.5 Å². The van der Waals surface area contributed by atoms with E-state index in [4.69, 9.17) is 0 Å². The summed E-state index contributed by atoms with van der Waals surface area (Å²) < 4.78 is 15.0. The third kappa shape index (κ3) is 3.75. The molecule has 3 aromatic carbocycles. The van der Waals surface area contributed by atoms with Crippen molar-refractivity contribution in [2.75, 3.05) is 6.54 Å². The average Bonchev–Trinajstić information content (AvgIpc) is 3.24. The summed E-state index contributed by atoms with van der Waals surface area (Å²) in [6.07, 6.45) is 3.90. The highest BCUT2D eigenvalue weighted by atomic mass is 19.1. The number of hydrogen-bond acceptors (Lipinski definition) is 2.